The van der Waals surface area contributed by atoms with Crippen LogP contribution in [0.2, 0.25) is 0 Å². The first-order valence-corrected chi connectivity index (χ1v) is 6.27. The fraction of sp³-hybridized carbons (Fsp3) is 0.857. The zero-order valence-electron chi connectivity index (χ0n) is 7.54. The Labute approximate surface area is 85.9 Å². The molecule has 1 unspecified atom stereocenters. The van der Waals surface area contributed by atoms with E-state index < -0.39 is 6.09 Å². The van der Waals surface area contributed by atoms with Crippen LogP contribution in [0, 0.1) is 0 Å². The van der Waals surface area contributed by atoms with Gasteiger partial charge in [0.15, 0.2) is 0 Å². The second-order valence-electron chi connectivity index (χ2n) is 3.17. The van der Waals surface area contributed by atoms with Crippen molar-refractivity contribution < 1.29 is 8.98 Å². The van der Waals surface area contributed by atoms with Crippen LogP contribution in [0.3, 0.4) is 0 Å². The number of piperidine rings is 1. The standard InChI is InChI=1S/C7H14N2O2S2/c1-7(4-2-3-5-9-7)12-13-11-6(8)10/h9H,2-5H2,1H3,(H2,8,10). The minimum Gasteiger partial charge on any atom is -0.363 e. The van der Waals surface area contributed by atoms with Crippen LogP contribution in [0.1, 0.15) is 26.2 Å². The Hall–Kier alpha value is -0.0700. The van der Waals surface area contributed by atoms with Crippen LogP contribution in [-0.4, -0.2) is 17.5 Å². The van der Waals surface area contributed by atoms with Crippen molar-refractivity contribution >= 4 is 28.0 Å². The van der Waals surface area contributed by atoms with E-state index >= 15 is 0 Å². The van der Waals surface area contributed by atoms with Crippen molar-refractivity contribution in [1.82, 2.24) is 5.32 Å². The van der Waals surface area contributed by atoms with Crippen molar-refractivity contribution in [2.24, 2.45) is 5.73 Å². The molecule has 0 bridgehead atoms. The molecule has 0 aromatic heterocycles. The molecule has 0 spiro atoms. The first kappa shape index (κ1) is 11.0. The van der Waals surface area contributed by atoms with E-state index in [0.29, 0.717) is 0 Å². The highest BCUT2D eigenvalue weighted by Gasteiger charge is 2.27. The van der Waals surface area contributed by atoms with E-state index in [9.17, 15) is 4.79 Å². The topological polar surface area (TPSA) is 64.3 Å². The van der Waals surface area contributed by atoms with Crippen LogP contribution in [-0.2, 0) is 4.18 Å². The fourth-order valence-electron chi connectivity index (χ4n) is 1.23. The first-order valence-electron chi connectivity index (χ1n) is 4.19. The van der Waals surface area contributed by atoms with Gasteiger partial charge in [0.1, 0.15) is 11.1 Å². The van der Waals surface area contributed by atoms with Crippen LogP contribution in [0.25, 0.3) is 0 Å². The maximum Gasteiger partial charge on any atom is 0.417 e. The second-order valence-corrected chi connectivity index (χ2v) is 5.45. The van der Waals surface area contributed by atoms with E-state index in [2.05, 4.69) is 16.4 Å². The molecule has 1 fully saturated rings. The van der Waals surface area contributed by atoms with Gasteiger partial charge in [0.05, 0.1) is 4.87 Å². The smallest absolute Gasteiger partial charge is 0.363 e. The number of nitrogens with two attached hydrogens (primary N) is 1. The summed E-state index contributed by atoms with van der Waals surface area (Å²) in [5, 5.41) is 3.38. The minimum absolute atomic E-state index is 0.0123. The molecule has 6 heteroatoms. The molecule has 0 aromatic carbocycles. The van der Waals surface area contributed by atoms with Gasteiger partial charge in [-0.25, -0.2) is 4.79 Å². The van der Waals surface area contributed by atoms with Crippen molar-refractivity contribution in [2.75, 3.05) is 6.54 Å². The maximum atomic E-state index is 10.3. The highest BCUT2D eigenvalue weighted by atomic mass is 33.1. The normalized spacial score (nSPS) is 28.4. The summed E-state index contributed by atoms with van der Waals surface area (Å²) in [5.41, 5.74) is 4.84. The quantitative estimate of drug-likeness (QED) is 0.564. The predicted octanol–water partition coefficient (Wildman–Crippen LogP) is 1.87. The summed E-state index contributed by atoms with van der Waals surface area (Å²) in [6.07, 6.45) is 2.79. The summed E-state index contributed by atoms with van der Waals surface area (Å²) in [5.74, 6) is 0. The number of hydrogen-bond acceptors (Lipinski definition) is 5. The summed E-state index contributed by atoms with van der Waals surface area (Å²) in [4.78, 5) is 10.3. The van der Waals surface area contributed by atoms with Gasteiger partial charge in [-0.05, 0) is 43.5 Å². The fourth-order valence-corrected chi connectivity index (χ4v) is 3.05. The monoisotopic (exact) mass is 222 g/mol. The number of rotatable bonds is 3. The van der Waals surface area contributed by atoms with Crippen LogP contribution in [0.15, 0.2) is 0 Å². The molecule has 13 heavy (non-hydrogen) atoms. The molecular weight excluding hydrogens is 208 g/mol. The van der Waals surface area contributed by atoms with Crippen molar-refractivity contribution in [3.05, 3.63) is 0 Å². The van der Waals surface area contributed by atoms with Gasteiger partial charge in [-0.15, -0.1) is 0 Å². The largest absolute Gasteiger partial charge is 0.417 e. The Morgan fingerprint density at radius 1 is 1.62 bits per heavy atom. The predicted molar refractivity (Wildman–Crippen MR) is 56.1 cm³/mol. The third-order valence-electron chi connectivity index (χ3n) is 1.91. The molecule has 0 aliphatic carbocycles. The molecule has 0 saturated carbocycles. The van der Waals surface area contributed by atoms with Gasteiger partial charge in [0.2, 0.25) is 0 Å². The Kier molecular flexibility index (Phi) is 4.21. The lowest BCUT2D eigenvalue weighted by atomic mass is 10.1. The Morgan fingerprint density at radius 2 is 2.38 bits per heavy atom. The number of carbonyl (C=O) groups excluding carboxylic acids is 1. The van der Waals surface area contributed by atoms with Gasteiger partial charge in [0, 0.05) is 0 Å². The lowest BCUT2D eigenvalue weighted by molar-refractivity contribution is 0.219. The Morgan fingerprint density at radius 3 is 2.92 bits per heavy atom. The second kappa shape index (κ2) is 4.97. The van der Waals surface area contributed by atoms with Crippen molar-refractivity contribution in [1.29, 1.82) is 0 Å². The van der Waals surface area contributed by atoms with Crippen LogP contribution in [0.4, 0.5) is 4.79 Å². The molecule has 4 nitrogen and oxygen atoms in total. The lowest BCUT2D eigenvalue weighted by Gasteiger charge is -2.32. The first-order chi connectivity index (χ1) is 6.12. The summed E-state index contributed by atoms with van der Waals surface area (Å²) >= 11 is 1.05. The average Bonchev–Trinajstić information content (AvgIpc) is 2.04. The van der Waals surface area contributed by atoms with E-state index in [1.807, 2.05) is 0 Å². The number of carbonyl (C=O) groups is 1. The van der Waals surface area contributed by atoms with Crippen LogP contribution < -0.4 is 11.1 Å². The highest BCUT2D eigenvalue weighted by molar-refractivity contribution is 8.75. The number of hydrogen-bond donors (Lipinski definition) is 2. The summed E-state index contributed by atoms with van der Waals surface area (Å²) in [6, 6.07) is 0. The molecule has 76 valence electrons. The Bertz CT molecular complexity index is 183. The van der Waals surface area contributed by atoms with Crippen LogP contribution >= 0.6 is 21.9 Å². The van der Waals surface area contributed by atoms with E-state index in [0.717, 1.165) is 24.0 Å². The van der Waals surface area contributed by atoms with Crippen LogP contribution in [0.5, 0.6) is 0 Å². The third-order valence-corrected chi connectivity index (χ3v) is 4.44. The van der Waals surface area contributed by atoms with Gasteiger partial charge in [-0.3, -0.25) is 0 Å². The molecular formula is C7H14N2O2S2. The molecule has 0 radical (unpaired) electrons. The van der Waals surface area contributed by atoms with E-state index in [4.69, 9.17) is 5.73 Å². The molecule has 1 aliphatic heterocycles. The van der Waals surface area contributed by atoms with Gasteiger partial charge >= 0.3 is 6.09 Å². The molecule has 1 atom stereocenters. The highest BCUT2D eigenvalue weighted by Crippen LogP contribution is 2.39. The minimum atomic E-state index is -0.739. The van der Waals surface area contributed by atoms with Gasteiger partial charge in [-0.1, -0.05) is 0 Å². The van der Waals surface area contributed by atoms with E-state index in [1.54, 1.807) is 0 Å². The average molecular weight is 222 g/mol. The number of nitrogens with one attached hydrogen (secondary N) is 1. The molecule has 3 N–H and O–H groups in total. The van der Waals surface area contributed by atoms with Gasteiger partial charge in [0.25, 0.3) is 0 Å². The van der Waals surface area contributed by atoms with E-state index in [1.165, 1.54) is 23.6 Å². The Balaban J connectivity index is 2.21. The zero-order chi connectivity index (χ0) is 9.73. The zero-order valence-corrected chi connectivity index (χ0v) is 9.17. The van der Waals surface area contributed by atoms with Gasteiger partial charge in [-0.2, -0.15) is 0 Å². The number of primary amides is 1. The molecule has 1 heterocycles. The number of amides is 1. The molecule has 0 aromatic rings. The van der Waals surface area contributed by atoms with Crippen molar-refractivity contribution in [3.63, 3.8) is 0 Å². The molecule has 1 saturated heterocycles. The lowest BCUT2D eigenvalue weighted by Crippen LogP contribution is -2.42. The van der Waals surface area contributed by atoms with Gasteiger partial charge < -0.3 is 15.2 Å². The maximum absolute atomic E-state index is 10.3. The summed E-state index contributed by atoms with van der Waals surface area (Å²) < 4.78 is 4.59. The van der Waals surface area contributed by atoms with E-state index in [-0.39, 0.29) is 4.87 Å². The molecule has 1 aliphatic rings. The summed E-state index contributed by atoms with van der Waals surface area (Å²) in [7, 11) is 1.51. The third kappa shape index (κ3) is 4.10. The van der Waals surface area contributed by atoms with Crippen molar-refractivity contribution in [3.8, 4) is 0 Å². The SMILES string of the molecule is CC1(SSOC(N)=O)CCCCN1. The molecule has 1 amide bonds. The summed E-state index contributed by atoms with van der Waals surface area (Å²) in [6.45, 7) is 3.13. The van der Waals surface area contributed by atoms with Crippen molar-refractivity contribution in [2.45, 2.75) is 31.1 Å². The molecule has 1 rings (SSSR count).